The van der Waals surface area contributed by atoms with Crippen LogP contribution in [0, 0.1) is 0 Å². The van der Waals surface area contributed by atoms with E-state index in [0.717, 1.165) is 0 Å². The Labute approximate surface area is 344 Å². The van der Waals surface area contributed by atoms with Crippen LogP contribution in [0.1, 0.15) is 5.56 Å². The number of amides is 8. The van der Waals surface area contributed by atoms with Gasteiger partial charge in [0.15, 0.2) is 0 Å². The highest BCUT2D eigenvalue weighted by Gasteiger charge is 2.33. The molecule has 0 aromatic heterocycles. The predicted octanol–water partition coefficient (Wildman–Crippen LogP) is -11.8. The summed E-state index contributed by atoms with van der Waals surface area (Å²) in [6.07, 6.45) is -0.0660. The van der Waals surface area contributed by atoms with E-state index in [9.17, 15) is 48.3 Å². The zero-order valence-electron chi connectivity index (χ0n) is 32.8. The van der Waals surface area contributed by atoms with Gasteiger partial charge in [-0.1, -0.05) is 30.3 Å². The first kappa shape index (κ1) is 52.1. The first-order chi connectivity index (χ1) is 28.4. The average molecular weight is 854 g/mol. The van der Waals surface area contributed by atoms with Crippen LogP contribution in [0.5, 0.6) is 0 Å². The van der Waals surface area contributed by atoms with Crippen LogP contribution in [0.25, 0.3) is 0 Å². The molecular formula is C33H59N17O10. The molecule has 0 aliphatic rings. The van der Waals surface area contributed by atoms with Crippen molar-refractivity contribution in [3.8, 4) is 0 Å². The molecule has 0 spiro atoms. The molecular weight excluding hydrogens is 794 g/mol. The Morgan fingerprint density at radius 2 is 0.617 bits per heavy atom. The number of rotatable bonds is 27. The summed E-state index contributed by atoms with van der Waals surface area (Å²) < 4.78 is 0. The van der Waals surface area contributed by atoms with Gasteiger partial charge in [0.25, 0.3) is 0 Å². The van der Waals surface area contributed by atoms with Crippen molar-refractivity contribution in [1.29, 1.82) is 0 Å². The molecule has 1 aromatic carbocycles. The topological polar surface area (TPSA) is 504 Å². The smallest absolute Gasteiger partial charge is 0.326 e. The summed E-state index contributed by atoms with van der Waals surface area (Å²) in [4.78, 5) is 115. The second-order valence-electron chi connectivity index (χ2n) is 13.0. The van der Waals surface area contributed by atoms with Crippen LogP contribution in [-0.2, 0) is 49.6 Å². The van der Waals surface area contributed by atoms with Crippen LogP contribution in [0.15, 0.2) is 30.3 Å². The Balaban J connectivity index is 2.89. The minimum absolute atomic E-state index is 0.0660. The van der Waals surface area contributed by atoms with Gasteiger partial charge in [-0.2, -0.15) is 0 Å². The van der Waals surface area contributed by atoms with Crippen molar-refractivity contribution in [2.45, 2.75) is 60.8 Å². The fraction of sp³-hybridized carbons (Fsp3) is 0.545. The maximum atomic E-state index is 13.1. The number of nitrogens with one attached hydrogen (secondary N) is 8. The summed E-state index contributed by atoms with van der Waals surface area (Å²) in [5.74, 6) is -8.94. The Kier molecular flexibility index (Phi) is 23.4. The highest BCUT2D eigenvalue weighted by Crippen LogP contribution is 2.04. The van der Waals surface area contributed by atoms with E-state index < -0.39 is 147 Å². The number of carboxylic acid groups (broad SMARTS) is 1. The number of nitrogens with two attached hydrogens (primary N) is 9. The summed E-state index contributed by atoms with van der Waals surface area (Å²) >= 11 is 0. The van der Waals surface area contributed by atoms with Crippen molar-refractivity contribution >= 4 is 53.2 Å². The monoisotopic (exact) mass is 853 g/mol. The van der Waals surface area contributed by atoms with E-state index in [-0.39, 0.29) is 19.5 Å². The van der Waals surface area contributed by atoms with Gasteiger partial charge in [-0.05, 0) is 5.56 Å². The number of hydrogen-bond donors (Lipinski definition) is 18. The van der Waals surface area contributed by atoms with Crippen molar-refractivity contribution < 1.29 is 48.3 Å². The van der Waals surface area contributed by atoms with Gasteiger partial charge in [-0.15, -0.1) is 0 Å². The van der Waals surface area contributed by atoms with Crippen molar-refractivity contribution in [3.63, 3.8) is 0 Å². The van der Waals surface area contributed by atoms with Crippen LogP contribution in [0.4, 0.5) is 0 Å². The number of carbonyl (C=O) groups is 9. The highest BCUT2D eigenvalue weighted by atomic mass is 16.4. The number of carboxylic acids is 1. The first-order valence-corrected chi connectivity index (χ1v) is 18.5. The number of hydrogen-bond acceptors (Lipinski definition) is 18. The summed E-state index contributed by atoms with van der Waals surface area (Å²) in [7, 11) is 0. The predicted molar refractivity (Wildman–Crippen MR) is 214 cm³/mol. The SMILES string of the molecule is NC[C@@H](N)C(=O)N[C@H](CN)C(=O)N[C@H](CN)C(=O)N[C@H](CN)C(=O)N[C@H](CN)C(=O)N[C@H](CN)C(=O)N[C@H](CN)C(=O)N[C@H](CN)C(=O)N[C@@H](Cc1ccccc1)C(=O)O. The molecule has 1 rings (SSSR count). The van der Waals surface area contributed by atoms with Crippen molar-refractivity contribution in [2.24, 2.45) is 51.6 Å². The molecule has 0 heterocycles. The van der Waals surface area contributed by atoms with E-state index >= 15 is 0 Å². The molecule has 9 atom stereocenters. The normalized spacial score (nSPS) is 15.4. The second-order valence-corrected chi connectivity index (χ2v) is 13.0. The van der Waals surface area contributed by atoms with Gasteiger partial charge in [-0.25, -0.2) is 4.79 Å². The van der Waals surface area contributed by atoms with Crippen LogP contribution in [-0.4, -0.2) is 165 Å². The minimum atomic E-state index is -1.53. The van der Waals surface area contributed by atoms with Crippen LogP contribution >= 0.6 is 0 Å². The standard InChI is InChI=1S/C33H59N17O10/c34-7-16(42)25(51)44-18(8-35)27(53)46-20(10-37)29(55)48-22(12-39)31(57)50-24(14-41)32(58)49-23(13-40)30(56)47-21(11-38)28(54)45-19(9-36)26(52)43-17(33(59)60)6-15-4-2-1-3-5-15/h1-5,16-24H,6-14,34-42H2,(H,43,52)(H,44,51)(H,45,54)(H,46,53)(H,47,56)(H,48,55)(H,49,58)(H,50,57)(H,59,60)/t16-,17+,18-,19-,20-,21-,22-,23-,24-/m1/s1. The summed E-state index contributed by atoms with van der Waals surface area (Å²) in [5.41, 5.74) is 51.2. The van der Waals surface area contributed by atoms with Gasteiger partial charge in [0.05, 0.1) is 6.04 Å². The maximum Gasteiger partial charge on any atom is 0.326 e. The number of benzene rings is 1. The van der Waals surface area contributed by atoms with E-state index in [1.807, 2.05) is 0 Å². The maximum absolute atomic E-state index is 13.1. The quantitative estimate of drug-likeness (QED) is 0.0391. The van der Waals surface area contributed by atoms with E-state index in [0.29, 0.717) is 5.56 Å². The lowest BCUT2D eigenvalue weighted by atomic mass is 10.1. The van der Waals surface area contributed by atoms with E-state index in [1.165, 1.54) is 0 Å². The molecule has 0 bridgehead atoms. The number of carbonyl (C=O) groups excluding carboxylic acids is 8. The molecule has 1 aromatic rings. The van der Waals surface area contributed by atoms with Gasteiger partial charge in [0.2, 0.25) is 47.3 Å². The third-order valence-electron chi connectivity index (χ3n) is 8.57. The highest BCUT2D eigenvalue weighted by molar-refractivity contribution is 5.98. The van der Waals surface area contributed by atoms with Gasteiger partial charge >= 0.3 is 5.97 Å². The zero-order valence-corrected chi connectivity index (χ0v) is 32.8. The lowest BCUT2D eigenvalue weighted by Gasteiger charge is -2.26. The molecule has 60 heavy (non-hydrogen) atoms. The molecule has 0 aliphatic carbocycles. The van der Waals surface area contributed by atoms with Crippen LogP contribution in [0.3, 0.4) is 0 Å². The molecule has 0 saturated heterocycles. The van der Waals surface area contributed by atoms with Crippen LogP contribution in [0.2, 0.25) is 0 Å². The van der Waals surface area contributed by atoms with Gasteiger partial charge in [0.1, 0.15) is 48.3 Å². The molecule has 27 heteroatoms. The fourth-order valence-corrected chi connectivity index (χ4v) is 4.96. The lowest BCUT2D eigenvalue weighted by Crippen LogP contribution is -2.64. The summed E-state index contributed by atoms with van der Waals surface area (Å²) in [6.45, 7) is -3.63. The molecule has 0 radical (unpaired) electrons. The number of aliphatic carboxylic acids is 1. The lowest BCUT2D eigenvalue weighted by molar-refractivity contribution is -0.142. The first-order valence-electron chi connectivity index (χ1n) is 18.5. The Morgan fingerprint density at radius 1 is 0.383 bits per heavy atom. The van der Waals surface area contributed by atoms with E-state index in [1.54, 1.807) is 30.3 Å². The molecule has 27 nitrogen and oxygen atoms in total. The van der Waals surface area contributed by atoms with E-state index in [2.05, 4.69) is 42.5 Å². The molecule has 336 valence electrons. The molecule has 27 N–H and O–H groups in total. The molecule has 0 fully saturated rings. The molecule has 8 amide bonds. The molecule has 0 aliphatic heterocycles. The van der Waals surface area contributed by atoms with Crippen molar-refractivity contribution in [1.82, 2.24) is 42.5 Å². The van der Waals surface area contributed by atoms with Crippen molar-refractivity contribution in [3.05, 3.63) is 35.9 Å². The Bertz CT molecular complexity index is 1620. The summed E-state index contributed by atoms with van der Waals surface area (Å²) in [6, 6.07) is -4.31. The summed E-state index contributed by atoms with van der Waals surface area (Å²) in [5, 5.41) is 28.0. The van der Waals surface area contributed by atoms with E-state index in [4.69, 9.17) is 51.6 Å². The molecule has 0 saturated carbocycles. The van der Waals surface area contributed by atoms with Crippen LogP contribution < -0.4 is 94.1 Å². The zero-order chi connectivity index (χ0) is 45.5. The fourth-order valence-electron chi connectivity index (χ4n) is 4.96. The van der Waals surface area contributed by atoms with Crippen molar-refractivity contribution in [2.75, 3.05) is 52.4 Å². The third kappa shape index (κ3) is 16.8. The average Bonchev–Trinajstić information content (AvgIpc) is 3.24. The van der Waals surface area contributed by atoms with Gasteiger partial charge in [-0.3, -0.25) is 38.4 Å². The van der Waals surface area contributed by atoms with Gasteiger partial charge in [0, 0.05) is 58.8 Å². The largest absolute Gasteiger partial charge is 0.480 e. The third-order valence-corrected chi connectivity index (χ3v) is 8.57. The Hall–Kier alpha value is -5.91. The minimum Gasteiger partial charge on any atom is -0.480 e. The molecule has 0 unspecified atom stereocenters. The Morgan fingerprint density at radius 3 is 0.833 bits per heavy atom. The second kappa shape index (κ2) is 27.0. The van der Waals surface area contributed by atoms with Gasteiger partial charge < -0.3 is 99.2 Å².